The Morgan fingerprint density at radius 1 is 1.48 bits per heavy atom. The minimum Gasteiger partial charge on any atom is -0.351 e. The van der Waals surface area contributed by atoms with Gasteiger partial charge in [0.05, 0.1) is 4.88 Å². The topological polar surface area (TPSA) is 45.2 Å². The third kappa shape index (κ3) is 3.46. The number of rotatable bonds is 5. The lowest BCUT2D eigenvalue weighted by atomic mass is 9.94. The number of nitrogens with zero attached hydrogens (tertiary/aromatic N) is 2. The lowest BCUT2D eigenvalue weighted by Gasteiger charge is -2.25. The Bertz CT molecular complexity index is 655. The summed E-state index contributed by atoms with van der Waals surface area (Å²) in [4.78, 5) is 19.9. The van der Waals surface area contributed by atoms with Crippen molar-refractivity contribution in [1.82, 2.24) is 15.2 Å². The van der Waals surface area contributed by atoms with E-state index in [9.17, 15) is 4.79 Å². The van der Waals surface area contributed by atoms with E-state index in [1.54, 1.807) is 6.20 Å². The molecule has 1 aliphatic rings. The molecule has 122 valence electrons. The SMILES string of the molecule is CCc1ccsc1C(=O)NC[C@@H]1CCN(C)[C@H]1c1cccnc1. The Labute approximate surface area is 141 Å². The van der Waals surface area contributed by atoms with Crippen LogP contribution in [0.2, 0.25) is 0 Å². The summed E-state index contributed by atoms with van der Waals surface area (Å²) in [7, 11) is 2.15. The number of hydrogen-bond acceptors (Lipinski definition) is 4. The fourth-order valence-electron chi connectivity index (χ4n) is 3.43. The number of carbonyl (C=O) groups excluding carboxylic acids is 1. The van der Waals surface area contributed by atoms with Crippen LogP contribution >= 0.6 is 11.3 Å². The first kappa shape index (κ1) is 16.1. The second-order valence-electron chi connectivity index (χ2n) is 6.10. The molecule has 2 atom stereocenters. The van der Waals surface area contributed by atoms with Crippen LogP contribution in [0.5, 0.6) is 0 Å². The van der Waals surface area contributed by atoms with Crippen LogP contribution in [-0.4, -0.2) is 35.9 Å². The first-order valence-corrected chi connectivity index (χ1v) is 9.03. The molecular formula is C18H23N3OS. The van der Waals surface area contributed by atoms with Gasteiger partial charge in [0, 0.05) is 25.0 Å². The lowest BCUT2D eigenvalue weighted by molar-refractivity contribution is 0.0947. The summed E-state index contributed by atoms with van der Waals surface area (Å²) < 4.78 is 0. The van der Waals surface area contributed by atoms with Crippen LogP contribution in [0.3, 0.4) is 0 Å². The van der Waals surface area contributed by atoms with E-state index in [1.807, 2.05) is 23.7 Å². The van der Waals surface area contributed by atoms with Crippen molar-refractivity contribution < 1.29 is 4.79 Å². The van der Waals surface area contributed by atoms with E-state index in [1.165, 1.54) is 16.9 Å². The quantitative estimate of drug-likeness (QED) is 0.917. The molecule has 3 rings (SSSR count). The van der Waals surface area contributed by atoms with Gasteiger partial charge in [-0.3, -0.25) is 14.7 Å². The number of hydrogen-bond donors (Lipinski definition) is 1. The average Bonchev–Trinajstić information content (AvgIpc) is 3.19. The third-order valence-electron chi connectivity index (χ3n) is 4.66. The molecule has 5 heteroatoms. The van der Waals surface area contributed by atoms with E-state index < -0.39 is 0 Å². The lowest BCUT2D eigenvalue weighted by Crippen LogP contribution is -2.32. The molecule has 2 aromatic heterocycles. The van der Waals surface area contributed by atoms with E-state index >= 15 is 0 Å². The highest BCUT2D eigenvalue weighted by Gasteiger charge is 2.33. The molecule has 0 aliphatic carbocycles. The van der Waals surface area contributed by atoms with Crippen LogP contribution in [0.4, 0.5) is 0 Å². The van der Waals surface area contributed by atoms with Crippen molar-refractivity contribution in [2.75, 3.05) is 20.1 Å². The zero-order valence-electron chi connectivity index (χ0n) is 13.7. The van der Waals surface area contributed by atoms with Gasteiger partial charge in [0.25, 0.3) is 5.91 Å². The van der Waals surface area contributed by atoms with Gasteiger partial charge in [0.15, 0.2) is 0 Å². The van der Waals surface area contributed by atoms with E-state index in [-0.39, 0.29) is 5.91 Å². The summed E-state index contributed by atoms with van der Waals surface area (Å²) in [5, 5.41) is 5.14. The van der Waals surface area contributed by atoms with Gasteiger partial charge < -0.3 is 5.32 Å². The van der Waals surface area contributed by atoms with Crippen molar-refractivity contribution in [3.8, 4) is 0 Å². The van der Waals surface area contributed by atoms with E-state index in [4.69, 9.17) is 0 Å². The minimum atomic E-state index is 0.0661. The molecule has 23 heavy (non-hydrogen) atoms. The minimum absolute atomic E-state index is 0.0661. The Morgan fingerprint density at radius 3 is 3.09 bits per heavy atom. The van der Waals surface area contributed by atoms with Crippen molar-refractivity contribution in [3.63, 3.8) is 0 Å². The molecule has 0 unspecified atom stereocenters. The number of nitrogens with one attached hydrogen (secondary N) is 1. The highest BCUT2D eigenvalue weighted by molar-refractivity contribution is 7.12. The van der Waals surface area contributed by atoms with Gasteiger partial charge in [-0.1, -0.05) is 13.0 Å². The van der Waals surface area contributed by atoms with Crippen LogP contribution < -0.4 is 5.32 Å². The molecule has 0 spiro atoms. The predicted molar refractivity (Wildman–Crippen MR) is 93.7 cm³/mol. The van der Waals surface area contributed by atoms with E-state index in [0.29, 0.717) is 18.5 Å². The van der Waals surface area contributed by atoms with Crippen molar-refractivity contribution in [3.05, 3.63) is 52.0 Å². The maximum Gasteiger partial charge on any atom is 0.261 e. The molecule has 0 radical (unpaired) electrons. The first-order valence-electron chi connectivity index (χ1n) is 8.15. The second kappa shape index (κ2) is 7.23. The molecule has 0 saturated carbocycles. The number of aryl methyl sites for hydroxylation is 1. The molecule has 3 heterocycles. The van der Waals surface area contributed by atoms with Crippen molar-refractivity contribution in [2.45, 2.75) is 25.8 Å². The Balaban J connectivity index is 1.66. The van der Waals surface area contributed by atoms with Gasteiger partial charge in [-0.25, -0.2) is 0 Å². The molecule has 0 aromatic carbocycles. The van der Waals surface area contributed by atoms with Crippen molar-refractivity contribution >= 4 is 17.2 Å². The number of aromatic nitrogens is 1. The summed E-state index contributed by atoms with van der Waals surface area (Å²) in [5.74, 6) is 0.495. The van der Waals surface area contributed by atoms with Crippen LogP contribution in [0.15, 0.2) is 36.0 Å². The molecule has 0 bridgehead atoms. The Hall–Kier alpha value is -1.72. The Morgan fingerprint density at radius 2 is 2.35 bits per heavy atom. The second-order valence-corrected chi connectivity index (χ2v) is 7.02. The van der Waals surface area contributed by atoms with Gasteiger partial charge in [0.2, 0.25) is 0 Å². The van der Waals surface area contributed by atoms with Gasteiger partial charge in [0.1, 0.15) is 0 Å². The van der Waals surface area contributed by atoms with Gasteiger partial charge in [-0.2, -0.15) is 0 Å². The largest absolute Gasteiger partial charge is 0.351 e. The zero-order chi connectivity index (χ0) is 16.2. The molecule has 4 nitrogen and oxygen atoms in total. The summed E-state index contributed by atoms with van der Waals surface area (Å²) in [6.45, 7) is 3.85. The number of carbonyl (C=O) groups is 1. The zero-order valence-corrected chi connectivity index (χ0v) is 14.5. The molecule has 1 saturated heterocycles. The smallest absolute Gasteiger partial charge is 0.261 e. The van der Waals surface area contributed by atoms with Gasteiger partial charge in [-0.15, -0.1) is 11.3 Å². The highest BCUT2D eigenvalue weighted by Crippen LogP contribution is 2.35. The summed E-state index contributed by atoms with van der Waals surface area (Å²) >= 11 is 1.53. The maximum absolute atomic E-state index is 12.4. The standard InChI is InChI=1S/C18H23N3OS/c1-3-13-7-10-23-17(13)18(22)20-12-15-6-9-21(2)16(15)14-5-4-8-19-11-14/h4-5,7-8,10-11,15-16H,3,6,9,12H2,1-2H3,(H,20,22)/t15-,16-/m0/s1. The Kier molecular flexibility index (Phi) is 5.08. The summed E-state index contributed by atoms with van der Waals surface area (Å²) in [5.41, 5.74) is 2.37. The van der Waals surface area contributed by atoms with Crippen LogP contribution in [0.1, 0.15) is 40.2 Å². The monoisotopic (exact) mass is 329 g/mol. The van der Waals surface area contributed by atoms with Gasteiger partial charge >= 0.3 is 0 Å². The predicted octanol–water partition coefficient (Wildman–Crippen LogP) is 3.13. The summed E-state index contributed by atoms with van der Waals surface area (Å²) in [6, 6.07) is 6.48. The summed E-state index contributed by atoms with van der Waals surface area (Å²) in [6.07, 6.45) is 5.74. The molecule has 1 N–H and O–H groups in total. The van der Waals surface area contributed by atoms with Crippen LogP contribution in [0, 0.1) is 5.92 Å². The van der Waals surface area contributed by atoms with Crippen molar-refractivity contribution in [2.24, 2.45) is 5.92 Å². The van der Waals surface area contributed by atoms with Crippen molar-refractivity contribution in [1.29, 1.82) is 0 Å². The molecule has 1 fully saturated rings. The molecule has 2 aromatic rings. The molecular weight excluding hydrogens is 306 g/mol. The fourth-order valence-corrected chi connectivity index (χ4v) is 4.35. The molecule has 1 aliphatic heterocycles. The number of pyridine rings is 1. The third-order valence-corrected chi connectivity index (χ3v) is 5.61. The first-order chi connectivity index (χ1) is 11.2. The van der Waals surface area contributed by atoms with Crippen LogP contribution in [0.25, 0.3) is 0 Å². The number of thiophene rings is 1. The van der Waals surface area contributed by atoms with E-state index in [0.717, 1.165) is 29.8 Å². The van der Waals surface area contributed by atoms with Crippen LogP contribution in [-0.2, 0) is 6.42 Å². The number of likely N-dealkylation sites (tertiary alicyclic amines) is 1. The molecule has 1 amide bonds. The average molecular weight is 329 g/mol. The normalized spacial score (nSPS) is 21.5. The number of amides is 1. The van der Waals surface area contributed by atoms with E-state index in [2.05, 4.69) is 35.2 Å². The van der Waals surface area contributed by atoms with Gasteiger partial charge in [-0.05, 0) is 61.0 Å². The highest BCUT2D eigenvalue weighted by atomic mass is 32.1. The fraction of sp³-hybridized carbons (Fsp3) is 0.444. The maximum atomic E-state index is 12.4.